The second kappa shape index (κ2) is 7.82. The molecule has 0 unspecified atom stereocenters. The minimum absolute atomic E-state index is 0.143. The highest BCUT2D eigenvalue weighted by molar-refractivity contribution is 6.78. The van der Waals surface area contributed by atoms with E-state index < -0.39 is 20.1 Å². The number of ether oxygens (including phenoxy) is 2. The van der Waals surface area contributed by atoms with Crippen LogP contribution in [0.4, 0.5) is 4.79 Å². The first-order chi connectivity index (χ1) is 11.8. The van der Waals surface area contributed by atoms with Gasteiger partial charge in [-0.2, -0.15) is 10.1 Å². The number of hydrogen-bond donors (Lipinski definition) is 0. The van der Waals surface area contributed by atoms with Crippen LogP contribution < -0.4 is 0 Å². The summed E-state index contributed by atoms with van der Waals surface area (Å²) < 4.78 is 10.5. The van der Waals surface area contributed by atoms with Crippen molar-refractivity contribution in [2.45, 2.75) is 45.8 Å². The molecule has 6 nitrogen and oxygen atoms in total. The Morgan fingerprint density at radius 2 is 1.80 bits per heavy atom. The molecule has 0 saturated carbocycles. The van der Waals surface area contributed by atoms with Crippen molar-refractivity contribution in [1.29, 1.82) is 0 Å². The Bertz CT molecular complexity index is 655. The van der Waals surface area contributed by atoms with Gasteiger partial charge in [0.1, 0.15) is 6.61 Å². The van der Waals surface area contributed by atoms with Crippen molar-refractivity contribution >= 4 is 25.8 Å². The first-order valence-electron chi connectivity index (χ1n) is 8.51. The number of hydrazone groups is 1. The third kappa shape index (κ3) is 4.48. The number of amides is 1. The molecule has 0 aliphatic carbocycles. The zero-order valence-electron chi connectivity index (χ0n) is 15.5. The summed E-state index contributed by atoms with van der Waals surface area (Å²) in [5, 5.41) is 5.64. The normalized spacial score (nSPS) is 20.2. The van der Waals surface area contributed by atoms with Crippen molar-refractivity contribution < 1.29 is 19.1 Å². The molecule has 0 saturated heterocycles. The molecular formula is C18H26N2O4Si. The maximum absolute atomic E-state index is 12.6. The fraction of sp³-hybridized carbons (Fsp3) is 0.500. The zero-order valence-corrected chi connectivity index (χ0v) is 16.5. The van der Waals surface area contributed by atoms with E-state index in [4.69, 9.17) is 9.47 Å². The lowest BCUT2D eigenvalue weighted by molar-refractivity contribution is -0.135. The Balaban J connectivity index is 2.18. The van der Waals surface area contributed by atoms with E-state index in [1.54, 1.807) is 6.92 Å². The second-order valence-electron chi connectivity index (χ2n) is 7.19. The topological polar surface area (TPSA) is 68.2 Å². The van der Waals surface area contributed by atoms with E-state index in [0.717, 1.165) is 5.56 Å². The van der Waals surface area contributed by atoms with Crippen LogP contribution in [-0.4, -0.2) is 43.1 Å². The van der Waals surface area contributed by atoms with Crippen molar-refractivity contribution in [3.63, 3.8) is 0 Å². The lowest BCUT2D eigenvalue weighted by Crippen LogP contribution is -2.52. The van der Waals surface area contributed by atoms with E-state index in [-0.39, 0.29) is 24.8 Å². The molecule has 1 aliphatic heterocycles. The monoisotopic (exact) mass is 362 g/mol. The van der Waals surface area contributed by atoms with Gasteiger partial charge in [-0.1, -0.05) is 56.9 Å². The zero-order chi connectivity index (χ0) is 18.6. The van der Waals surface area contributed by atoms with Crippen LogP contribution in [0.3, 0.4) is 0 Å². The summed E-state index contributed by atoms with van der Waals surface area (Å²) in [7, 11) is -1.83. The lowest BCUT2D eigenvalue weighted by Gasteiger charge is -2.33. The summed E-state index contributed by atoms with van der Waals surface area (Å²) in [6, 6.07) is 9.48. The molecule has 1 amide bonds. The Kier molecular flexibility index (Phi) is 6.00. The summed E-state index contributed by atoms with van der Waals surface area (Å²) in [6.07, 6.45) is -0.526. The first kappa shape index (κ1) is 19.2. The van der Waals surface area contributed by atoms with Gasteiger partial charge < -0.3 is 9.47 Å². The van der Waals surface area contributed by atoms with Crippen molar-refractivity contribution in [1.82, 2.24) is 5.01 Å². The molecule has 25 heavy (non-hydrogen) atoms. The molecule has 2 atom stereocenters. The van der Waals surface area contributed by atoms with Gasteiger partial charge in [-0.15, -0.1) is 0 Å². The highest BCUT2D eigenvalue weighted by Gasteiger charge is 2.48. The fourth-order valence-corrected chi connectivity index (χ4v) is 5.67. The molecule has 7 heteroatoms. The predicted octanol–water partition coefficient (Wildman–Crippen LogP) is 3.44. The minimum atomic E-state index is -1.83. The third-order valence-corrected chi connectivity index (χ3v) is 6.67. The Morgan fingerprint density at radius 3 is 2.36 bits per heavy atom. The van der Waals surface area contributed by atoms with Gasteiger partial charge >= 0.3 is 12.1 Å². The molecule has 136 valence electrons. The van der Waals surface area contributed by atoms with Crippen LogP contribution in [0.15, 0.2) is 35.4 Å². The number of esters is 1. The van der Waals surface area contributed by atoms with Crippen LogP contribution in [0.2, 0.25) is 19.6 Å². The minimum Gasteiger partial charge on any atom is -0.461 e. The summed E-state index contributed by atoms with van der Waals surface area (Å²) in [6.45, 7) is 10.6. The van der Waals surface area contributed by atoms with Crippen LogP contribution in [0.25, 0.3) is 0 Å². The molecular weight excluding hydrogens is 336 g/mol. The molecule has 2 rings (SSSR count). The van der Waals surface area contributed by atoms with Crippen LogP contribution in [0.1, 0.15) is 19.4 Å². The van der Waals surface area contributed by atoms with Gasteiger partial charge in [0.05, 0.1) is 20.3 Å². The van der Waals surface area contributed by atoms with E-state index >= 15 is 0 Å². The standard InChI is InChI=1S/C18H26N2O4Si/c1-6-23-17(21)15-13(2)16(25(3,4)5)20(19-15)18(22)24-12-14-10-8-7-9-11-14/h7-11,13,16H,6,12H2,1-5H3/t13-,16-/m1/s1. The summed E-state index contributed by atoms with van der Waals surface area (Å²) >= 11 is 0. The summed E-state index contributed by atoms with van der Waals surface area (Å²) in [5.74, 6) is -0.633. The van der Waals surface area contributed by atoms with Crippen LogP contribution in [-0.2, 0) is 20.9 Å². The van der Waals surface area contributed by atoms with Crippen molar-refractivity contribution in [3.8, 4) is 0 Å². The summed E-state index contributed by atoms with van der Waals surface area (Å²) in [5.41, 5.74) is 1.06. The van der Waals surface area contributed by atoms with E-state index in [1.807, 2.05) is 37.3 Å². The molecule has 1 aromatic rings. The average Bonchev–Trinajstić information content (AvgIpc) is 2.91. The molecule has 0 fully saturated rings. The van der Waals surface area contributed by atoms with Crippen molar-refractivity contribution in [3.05, 3.63) is 35.9 Å². The van der Waals surface area contributed by atoms with Gasteiger partial charge in [-0.3, -0.25) is 0 Å². The van der Waals surface area contributed by atoms with Gasteiger partial charge in [-0.05, 0) is 12.5 Å². The van der Waals surface area contributed by atoms with E-state index in [0.29, 0.717) is 5.71 Å². The highest BCUT2D eigenvalue weighted by atomic mass is 28.3. The molecule has 1 aromatic carbocycles. The first-order valence-corrected chi connectivity index (χ1v) is 12.1. The molecule has 0 bridgehead atoms. The number of carbonyl (C=O) groups is 2. The molecule has 1 heterocycles. The Hall–Kier alpha value is -2.15. The van der Waals surface area contributed by atoms with E-state index in [9.17, 15) is 9.59 Å². The van der Waals surface area contributed by atoms with Crippen LogP contribution >= 0.6 is 0 Å². The SMILES string of the molecule is CCOC(=O)C1=NN(C(=O)OCc2ccccc2)[C@H]([Si](C)(C)C)[C@@H]1C. The molecule has 0 N–H and O–H groups in total. The van der Waals surface area contributed by atoms with Gasteiger partial charge in [-0.25, -0.2) is 9.59 Å². The highest BCUT2D eigenvalue weighted by Crippen LogP contribution is 2.30. The number of benzene rings is 1. The quantitative estimate of drug-likeness (QED) is 0.594. The molecule has 0 aromatic heterocycles. The predicted molar refractivity (Wildman–Crippen MR) is 98.8 cm³/mol. The Labute approximate surface area is 149 Å². The second-order valence-corrected chi connectivity index (χ2v) is 12.5. The van der Waals surface area contributed by atoms with Crippen molar-refractivity contribution in [2.24, 2.45) is 11.0 Å². The Morgan fingerprint density at radius 1 is 1.16 bits per heavy atom. The smallest absolute Gasteiger partial charge is 0.430 e. The maximum Gasteiger partial charge on any atom is 0.430 e. The number of rotatable bonds is 5. The van der Waals surface area contributed by atoms with Gasteiger partial charge in [0.2, 0.25) is 0 Å². The number of nitrogens with zero attached hydrogens (tertiary/aromatic N) is 2. The largest absolute Gasteiger partial charge is 0.461 e. The summed E-state index contributed by atoms with van der Waals surface area (Å²) in [4.78, 5) is 24.8. The average molecular weight is 363 g/mol. The van der Waals surface area contributed by atoms with Crippen LogP contribution in [0, 0.1) is 5.92 Å². The van der Waals surface area contributed by atoms with Crippen molar-refractivity contribution in [2.75, 3.05) is 6.61 Å². The van der Waals surface area contributed by atoms with Gasteiger partial charge in [0, 0.05) is 5.92 Å². The fourth-order valence-electron chi connectivity index (χ4n) is 3.12. The molecule has 0 radical (unpaired) electrons. The van der Waals surface area contributed by atoms with E-state index in [2.05, 4.69) is 24.7 Å². The maximum atomic E-state index is 12.6. The molecule has 1 aliphatic rings. The van der Waals surface area contributed by atoms with Gasteiger partial charge in [0.25, 0.3) is 0 Å². The van der Waals surface area contributed by atoms with Crippen LogP contribution in [0.5, 0.6) is 0 Å². The van der Waals surface area contributed by atoms with E-state index in [1.165, 1.54) is 5.01 Å². The lowest BCUT2D eigenvalue weighted by atomic mass is 10.1. The molecule has 0 spiro atoms. The van der Waals surface area contributed by atoms with Gasteiger partial charge in [0.15, 0.2) is 5.71 Å². The number of hydrogen-bond acceptors (Lipinski definition) is 5. The third-order valence-electron chi connectivity index (χ3n) is 4.15. The number of carbonyl (C=O) groups excluding carboxylic acids is 2.